The van der Waals surface area contributed by atoms with E-state index in [1.54, 1.807) is 30.6 Å². The molecule has 0 saturated carbocycles. The Morgan fingerprint density at radius 1 is 1.08 bits per heavy atom. The smallest absolute Gasteiger partial charge is 0.338 e. The third-order valence-electron chi connectivity index (χ3n) is 4.60. The van der Waals surface area contributed by atoms with Crippen LogP contribution in [0.5, 0.6) is 0 Å². The number of nitrogens with zero attached hydrogens (tertiary/aromatic N) is 1. The van der Waals surface area contributed by atoms with E-state index in [9.17, 15) is 9.59 Å². The molecule has 1 atom stereocenters. The van der Waals surface area contributed by atoms with Crippen molar-refractivity contribution in [2.24, 2.45) is 0 Å². The highest BCUT2D eigenvalue weighted by atomic mass is 32.1. The van der Waals surface area contributed by atoms with E-state index >= 15 is 0 Å². The van der Waals surface area contributed by atoms with Gasteiger partial charge in [-0.05, 0) is 61.6 Å². The molecule has 0 aliphatic heterocycles. The Hall–Kier alpha value is -2.53. The van der Waals surface area contributed by atoms with Gasteiger partial charge in [0.1, 0.15) is 0 Å². The van der Waals surface area contributed by atoms with Crippen LogP contribution in [0, 0.1) is 0 Å². The van der Waals surface area contributed by atoms with Crippen molar-refractivity contribution in [3.8, 4) is 0 Å². The number of Topliss-reactive ketones (excluding diaryl/α,β-unsaturated/α-hetero) is 1. The van der Waals surface area contributed by atoms with Gasteiger partial charge in [-0.1, -0.05) is 12.1 Å². The number of rotatable bonds is 4. The molecule has 25 heavy (non-hydrogen) atoms. The number of aryl methyl sites for hydroxylation is 2. The van der Waals surface area contributed by atoms with Crippen molar-refractivity contribution >= 4 is 33.3 Å². The first-order valence-corrected chi connectivity index (χ1v) is 9.20. The molecule has 1 heterocycles. The highest BCUT2D eigenvalue weighted by Gasteiger charge is 2.22. The van der Waals surface area contributed by atoms with E-state index in [2.05, 4.69) is 4.98 Å². The van der Waals surface area contributed by atoms with Crippen molar-refractivity contribution in [3.05, 3.63) is 64.2 Å². The molecule has 0 radical (unpaired) electrons. The molecule has 0 saturated heterocycles. The van der Waals surface area contributed by atoms with Crippen LogP contribution in [0.15, 0.2) is 41.9 Å². The largest absolute Gasteiger partial charge is 0.451 e. The summed E-state index contributed by atoms with van der Waals surface area (Å²) in [7, 11) is 0. The first-order chi connectivity index (χ1) is 12.1. The third kappa shape index (κ3) is 3.07. The minimum atomic E-state index is -0.816. The van der Waals surface area contributed by atoms with Gasteiger partial charge >= 0.3 is 5.97 Å². The maximum atomic E-state index is 12.6. The Bertz CT molecular complexity index is 976. The van der Waals surface area contributed by atoms with Gasteiger partial charge in [-0.3, -0.25) is 4.79 Å². The molecule has 1 unspecified atom stereocenters. The van der Waals surface area contributed by atoms with Crippen molar-refractivity contribution in [2.75, 3.05) is 0 Å². The van der Waals surface area contributed by atoms with Crippen LogP contribution in [0.1, 0.15) is 45.2 Å². The van der Waals surface area contributed by atoms with Crippen LogP contribution in [-0.2, 0) is 17.6 Å². The van der Waals surface area contributed by atoms with Crippen molar-refractivity contribution in [3.63, 3.8) is 0 Å². The molecule has 0 spiro atoms. The number of thiazole rings is 1. The second-order valence-electron chi connectivity index (χ2n) is 6.28. The van der Waals surface area contributed by atoms with Gasteiger partial charge in [-0.25, -0.2) is 9.78 Å². The number of aromatic nitrogens is 1. The quantitative estimate of drug-likeness (QED) is 0.522. The van der Waals surface area contributed by atoms with E-state index in [1.165, 1.54) is 22.5 Å². The second-order valence-corrected chi connectivity index (χ2v) is 7.17. The molecule has 0 amide bonds. The van der Waals surface area contributed by atoms with Crippen LogP contribution in [0.25, 0.3) is 10.2 Å². The fraction of sp³-hybridized carbons (Fsp3) is 0.250. The number of ketones is 1. The predicted molar refractivity (Wildman–Crippen MR) is 97.3 cm³/mol. The number of benzene rings is 2. The molecule has 4 rings (SSSR count). The Kier molecular flexibility index (Phi) is 4.09. The van der Waals surface area contributed by atoms with Crippen LogP contribution in [0.2, 0.25) is 0 Å². The van der Waals surface area contributed by atoms with Gasteiger partial charge < -0.3 is 4.74 Å². The maximum absolute atomic E-state index is 12.6. The molecule has 1 aliphatic rings. The van der Waals surface area contributed by atoms with Crippen molar-refractivity contribution in [2.45, 2.75) is 32.3 Å². The summed E-state index contributed by atoms with van der Waals surface area (Å²) in [5.41, 5.74) is 6.19. The number of hydrogen-bond acceptors (Lipinski definition) is 5. The molecule has 1 aliphatic carbocycles. The standard InChI is InChI=1S/C20H17NO3S/c1-12(19(22)15-6-5-13-3-2-4-14(13)9-15)24-20(23)16-7-8-17-18(10-16)25-11-21-17/h5-12H,2-4H2,1H3. The van der Waals surface area contributed by atoms with E-state index in [4.69, 9.17) is 4.74 Å². The molecule has 5 heteroatoms. The summed E-state index contributed by atoms with van der Waals surface area (Å²) in [5, 5.41) is 0. The van der Waals surface area contributed by atoms with Crippen LogP contribution < -0.4 is 0 Å². The summed E-state index contributed by atoms with van der Waals surface area (Å²) in [6.45, 7) is 1.62. The lowest BCUT2D eigenvalue weighted by Gasteiger charge is -2.13. The Morgan fingerprint density at radius 3 is 2.76 bits per heavy atom. The van der Waals surface area contributed by atoms with E-state index < -0.39 is 12.1 Å². The van der Waals surface area contributed by atoms with Crippen LogP contribution in [-0.4, -0.2) is 22.8 Å². The van der Waals surface area contributed by atoms with Gasteiger partial charge in [0.15, 0.2) is 6.10 Å². The fourth-order valence-electron chi connectivity index (χ4n) is 3.22. The normalized spacial score (nSPS) is 14.3. The number of fused-ring (bicyclic) bond motifs is 2. The monoisotopic (exact) mass is 351 g/mol. The topological polar surface area (TPSA) is 56.3 Å². The minimum absolute atomic E-state index is 0.165. The number of carbonyl (C=O) groups excluding carboxylic acids is 2. The molecule has 0 bridgehead atoms. The lowest BCUT2D eigenvalue weighted by Crippen LogP contribution is -2.24. The van der Waals surface area contributed by atoms with Crippen molar-refractivity contribution < 1.29 is 14.3 Å². The Labute approximate surface area is 149 Å². The molecule has 3 aromatic rings. The summed E-state index contributed by atoms with van der Waals surface area (Å²) in [6.07, 6.45) is 2.41. The number of ether oxygens (including phenoxy) is 1. The summed E-state index contributed by atoms with van der Waals surface area (Å²) in [6, 6.07) is 11.0. The summed E-state index contributed by atoms with van der Waals surface area (Å²) in [5.74, 6) is -0.653. The Balaban J connectivity index is 1.49. The van der Waals surface area contributed by atoms with Crippen molar-refractivity contribution in [1.82, 2.24) is 4.98 Å². The molecular weight excluding hydrogens is 334 g/mol. The minimum Gasteiger partial charge on any atom is -0.451 e. The number of carbonyl (C=O) groups is 2. The van der Waals surface area contributed by atoms with Crippen molar-refractivity contribution in [1.29, 1.82) is 0 Å². The average molecular weight is 351 g/mol. The summed E-state index contributed by atoms with van der Waals surface area (Å²) < 4.78 is 6.32. The van der Waals surface area contributed by atoms with E-state index in [-0.39, 0.29) is 5.78 Å². The SMILES string of the molecule is CC(OC(=O)c1ccc2ncsc2c1)C(=O)c1ccc2c(c1)CCC2. The molecule has 2 aromatic carbocycles. The highest BCUT2D eigenvalue weighted by molar-refractivity contribution is 7.16. The predicted octanol–water partition coefficient (Wildman–Crippen LogP) is 4.21. The highest BCUT2D eigenvalue weighted by Crippen LogP contribution is 2.24. The average Bonchev–Trinajstić information content (AvgIpc) is 3.28. The number of hydrogen-bond donors (Lipinski definition) is 0. The van der Waals surface area contributed by atoms with Gasteiger partial charge in [0.2, 0.25) is 5.78 Å². The molecule has 4 nitrogen and oxygen atoms in total. The van der Waals surface area contributed by atoms with Gasteiger partial charge in [0.25, 0.3) is 0 Å². The first-order valence-electron chi connectivity index (χ1n) is 8.32. The zero-order valence-electron chi connectivity index (χ0n) is 13.8. The van der Waals surface area contributed by atoms with Gasteiger partial charge in [0.05, 0.1) is 21.3 Å². The van der Waals surface area contributed by atoms with Crippen LogP contribution in [0.4, 0.5) is 0 Å². The number of esters is 1. The zero-order chi connectivity index (χ0) is 17.4. The molecule has 0 fully saturated rings. The molecular formula is C20H17NO3S. The zero-order valence-corrected chi connectivity index (χ0v) is 14.6. The Morgan fingerprint density at radius 2 is 1.88 bits per heavy atom. The van der Waals surface area contributed by atoms with E-state index in [1.807, 2.05) is 18.2 Å². The van der Waals surface area contributed by atoms with E-state index in [0.29, 0.717) is 11.1 Å². The van der Waals surface area contributed by atoms with Gasteiger partial charge in [-0.2, -0.15) is 0 Å². The summed E-state index contributed by atoms with van der Waals surface area (Å²) in [4.78, 5) is 29.1. The van der Waals surface area contributed by atoms with Gasteiger partial charge in [0, 0.05) is 5.56 Å². The van der Waals surface area contributed by atoms with E-state index in [0.717, 1.165) is 29.5 Å². The van der Waals surface area contributed by atoms with Gasteiger partial charge in [-0.15, -0.1) is 11.3 Å². The summed E-state index contributed by atoms with van der Waals surface area (Å²) >= 11 is 1.47. The lowest BCUT2D eigenvalue weighted by molar-refractivity contribution is 0.0319. The van der Waals surface area contributed by atoms with Crippen LogP contribution in [0.3, 0.4) is 0 Å². The molecule has 126 valence electrons. The lowest BCUT2D eigenvalue weighted by atomic mass is 10.0. The molecule has 0 N–H and O–H groups in total. The molecule has 1 aromatic heterocycles. The fourth-order valence-corrected chi connectivity index (χ4v) is 3.94. The van der Waals surface area contributed by atoms with Crippen LogP contribution >= 0.6 is 11.3 Å². The second kappa shape index (κ2) is 6.41. The maximum Gasteiger partial charge on any atom is 0.338 e. The first kappa shape index (κ1) is 16.0. The third-order valence-corrected chi connectivity index (χ3v) is 5.39.